The SMILES string of the molecule is O=C(C1CC=CC1)N1CCn2c(CN3CCOCC3)nnc2C1. The van der Waals surface area contributed by atoms with Crippen LogP contribution in [-0.2, 0) is 29.2 Å². The number of rotatable bonds is 3. The quantitative estimate of drug-likeness (QED) is 0.756. The van der Waals surface area contributed by atoms with E-state index < -0.39 is 0 Å². The van der Waals surface area contributed by atoms with Crippen LogP contribution in [0.4, 0.5) is 0 Å². The van der Waals surface area contributed by atoms with Crippen molar-refractivity contribution in [3.63, 3.8) is 0 Å². The van der Waals surface area contributed by atoms with Crippen molar-refractivity contribution in [2.45, 2.75) is 32.5 Å². The van der Waals surface area contributed by atoms with Crippen LogP contribution in [0.2, 0.25) is 0 Å². The van der Waals surface area contributed by atoms with Crippen LogP contribution < -0.4 is 0 Å². The van der Waals surface area contributed by atoms with Crippen molar-refractivity contribution in [2.75, 3.05) is 32.8 Å². The van der Waals surface area contributed by atoms with E-state index in [1.54, 1.807) is 0 Å². The molecule has 0 unspecified atom stereocenters. The van der Waals surface area contributed by atoms with Crippen molar-refractivity contribution in [1.82, 2.24) is 24.6 Å². The van der Waals surface area contributed by atoms with Crippen LogP contribution in [-0.4, -0.2) is 63.3 Å². The summed E-state index contributed by atoms with van der Waals surface area (Å²) in [4.78, 5) is 16.8. The monoisotopic (exact) mass is 317 g/mol. The minimum Gasteiger partial charge on any atom is -0.379 e. The van der Waals surface area contributed by atoms with Crippen LogP contribution in [0.3, 0.4) is 0 Å². The van der Waals surface area contributed by atoms with Gasteiger partial charge >= 0.3 is 0 Å². The van der Waals surface area contributed by atoms with Crippen LogP contribution in [0, 0.1) is 5.92 Å². The van der Waals surface area contributed by atoms with Gasteiger partial charge in [-0.15, -0.1) is 10.2 Å². The Morgan fingerprint density at radius 2 is 1.91 bits per heavy atom. The zero-order chi connectivity index (χ0) is 15.6. The molecule has 0 bridgehead atoms. The molecule has 0 atom stereocenters. The van der Waals surface area contributed by atoms with Gasteiger partial charge < -0.3 is 14.2 Å². The number of aromatic nitrogens is 3. The van der Waals surface area contributed by atoms with Crippen molar-refractivity contribution < 1.29 is 9.53 Å². The molecule has 0 aromatic carbocycles. The van der Waals surface area contributed by atoms with E-state index in [-0.39, 0.29) is 11.8 Å². The van der Waals surface area contributed by atoms with Crippen LogP contribution in [0.1, 0.15) is 24.5 Å². The van der Waals surface area contributed by atoms with Gasteiger partial charge in [0, 0.05) is 32.1 Å². The van der Waals surface area contributed by atoms with E-state index in [1.807, 2.05) is 4.90 Å². The molecule has 7 nitrogen and oxygen atoms in total. The van der Waals surface area contributed by atoms with Crippen LogP contribution in [0.15, 0.2) is 12.2 Å². The molecule has 0 N–H and O–H groups in total. The number of morpholine rings is 1. The second-order valence-electron chi connectivity index (χ2n) is 6.47. The highest BCUT2D eigenvalue weighted by Crippen LogP contribution is 2.23. The fraction of sp³-hybridized carbons (Fsp3) is 0.688. The van der Waals surface area contributed by atoms with Gasteiger partial charge in [0.25, 0.3) is 0 Å². The predicted octanol–water partition coefficient (Wildman–Crippen LogP) is 0.419. The summed E-state index contributed by atoms with van der Waals surface area (Å²) < 4.78 is 7.57. The van der Waals surface area contributed by atoms with Crippen LogP contribution >= 0.6 is 0 Å². The summed E-state index contributed by atoms with van der Waals surface area (Å²) in [5.74, 6) is 2.33. The maximum Gasteiger partial charge on any atom is 0.226 e. The Bertz CT molecular complexity index is 598. The summed E-state index contributed by atoms with van der Waals surface area (Å²) in [7, 11) is 0. The van der Waals surface area contributed by atoms with Crippen molar-refractivity contribution >= 4 is 5.91 Å². The molecule has 1 saturated heterocycles. The molecule has 1 aromatic heterocycles. The number of allylic oxidation sites excluding steroid dienone is 2. The summed E-state index contributed by atoms with van der Waals surface area (Å²) in [6, 6.07) is 0. The number of carbonyl (C=O) groups is 1. The maximum absolute atomic E-state index is 12.5. The van der Waals surface area contributed by atoms with E-state index in [9.17, 15) is 4.79 Å². The standard InChI is InChI=1S/C16H23N5O2/c22-16(13-3-1-2-4-13)20-5-6-21-14(17-18-15(21)12-20)11-19-7-9-23-10-8-19/h1-2,13H,3-12H2. The first-order chi connectivity index (χ1) is 11.3. The molecule has 0 saturated carbocycles. The highest BCUT2D eigenvalue weighted by atomic mass is 16.5. The minimum absolute atomic E-state index is 0.136. The van der Waals surface area contributed by atoms with Gasteiger partial charge in [-0.25, -0.2) is 0 Å². The smallest absolute Gasteiger partial charge is 0.226 e. The van der Waals surface area contributed by atoms with E-state index in [1.165, 1.54) is 0 Å². The summed E-state index contributed by atoms with van der Waals surface area (Å²) in [6.07, 6.45) is 5.97. The fourth-order valence-corrected chi connectivity index (χ4v) is 3.56. The van der Waals surface area contributed by atoms with Crippen molar-refractivity contribution in [3.8, 4) is 0 Å². The number of nitrogens with zero attached hydrogens (tertiary/aromatic N) is 5. The lowest BCUT2D eigenvalue weighted by Gasteiger charge is -2.31. The molecular formula is C16H23N5O2. The Hall–Kier alpha value is -1.73. The molecule has 1 aliphatic carbocycles. The molecule has 4 rings (SSSR count). The van der Waals surface area contributed by atoms with E-state index in [2.05, 4.69) is 31.8 Å². The van der Waals surface area contributed by atoms with Gasteiger partial charge in [-0.1, -0.05) is 12.2 Å². The van der Waals surface area contributed by atoms with Gasteiger partial charge in [0.1, 0.15) is 5.82 Å². The highest BCUT2D eigenvalue weighted by molar-refractivity contribution is 5.79. The summed E-state index contributed by atoms with van der Waals surface area (Å²) in [6.45, 7) is 6.44. The van der Waals surface area contributed by atoms with E-state index in [0.717, 1.165) is 70.4 Å². The van der Waals surface area contributed by atoms with Crippen LogP contribution in [0.25, 0.3) is 0 Å². The Balaban J connectivity index is 1.41. The van der Waals surface area contributed by atoms with E-state index in [4.69, 9.17) is 4.74 Å². The molecule has 23 heavy (non-hydrogen) atoms. The third-order valence-corrected chi connectivity index (χ3v) is 4.97. The zero-order valence-corrected chi connectivity index (χ0v) is 13.4. The summed E-state index contributed by atoms with van der Waals surface area (Å²) in [5.41, 5.74) is 0. The molecule has 1 aromatic rings. The molecule has 0 spiro atoms. The van der Waals surface area contributed by atoms with E-state index >= 15 is 0 Å². The first-order valence-corrected chi connectivity index (χ1v) is 8.46. The zero-order valence-electron chi connectivity index (χ0n) is 13.4. The molecule has 7 heteroatoms. The highest BCUT2D eigenvalue weighted by Gasteiger charge is 2.29. The van der Waals surface area contributed by atoms with Crippen molar-refractivity contribution in [2.24, 2.45) is 5.92 Å². The Morgan fingerprint density at radius 1 is 1.13 bits per heavy atom. The third-order valence-electron chi connectivity index (χ3n) is 4.97. The molecule has 1 amide bonds. The first kappa shape index (κ1) is 14.8. The number of hydrogen-bond donors (Lipinski definition) is 0. The van der Waals surface area contributed by atoms with Crippen molar-refractivity contribution in [1.29, 1.82) is 0 Å². The van der Waals surface area contributed by atoms with Crippen LogP contribution in [0.5, 0.6) is 0 Å². The number of ether oxygens (including phenoxy) is 1. The Morgan fingerprint density at radius 3 is 2.70 bits per heavy atom. The van der Waals surface area contributed by atoms with Gasteiger partial charge in [-0.05, 0) is 12.8 Å². The minimum atomic E-state index is 0.136. The lowest BCUT2D eigenvalue weighted by molar-refractivity contribution is -0.136. The molecule has 3 aliphatic rings. The van der Waals surface area contributed by atoms with Gasteiger partial charge in [-0.3, -0.25) is 9.69 Å². The number of fused-ring (bicyclic) bond motifs is 1. The van der Waals surface area contributed by atoms with Crippen molar-refractivity contribution in [3.05, 3.63) is 23.8 Å². The second-order valence-corrected chi connectivity index (χ2v) is 6.47. The largest absolute Gasteiger partial charge is 0.379 e. The third kappa shape index (κ3) is 3.03. The molecule has 0 radical (unpaired) electrons. The molecule has 3 heterocycles. The maximum atomic E-state index is 12.5. The normalized spacial score (nSPS) is 22.5. The number of carbonyl (C=O) groups excluding carboxylic acids is 1. The van der Waals surface area contributed by atoms with Gasteiger partial charge in [-0.2, -0.15) is 0 Å². The number of amides is 1. The predicted molar refractivity (Wildman–Crippen MR) is 83.4 cm³/mol. The Kier molecular flexibility index (Phi) is 4.13. The summed E-state index contributed by atoms with van der Waals surface area (Å²) >= 11 is 0. The first-order valence-electron chi connectivity index (χ1n) is 8.46. The topological polar surface area (TPSA) is 63.5 Å². The molecular weight excluding hydrogens is 294 g/mol. The molecule has 124 valence electrons. The number of hydrogen-bond acceptors (Lipinski definition) is 5. The second kappa shape index (κ2) is 6.41. The fourth-order valence-electron chi connectivity index (χ4n) is 3.56. The Labute approximate surface area is 135 Å². The van der Waals surface area contributed by atoms with Gasteiger partial charge in [0.2, 0.25) is 5.91 Å². The lowest BCUT2D eigenvalue weighted by atomic mass is 10.1. The van der Waals surface area contributed by atoms with E-state index in [0.29, 0.717) is 6.54 Å². The average molecular weight is 317 g/mol. The molecule has 2 aliphatic heterocycles. The van der Waals surface area contributed by atoms with Gasteiger partial charge in [0.05, 0.1) is 26.3 Å². The lowest BCUT2D eigenvalue weighted by Crippen LogP contribution is -2.42. The van der Waals surface area contributed by atoms with Gasteiger partial charge in [0.15, 0.2) is 5.82 Å². The molecule has 1 fully saturated rings. The average Bonchev–Trinajstić information content (AvgIpc) is 3.25. The summed E-state index contributed by atoms with van der Waals surface area (Å²) in [5, 5.41) is 8.69.